The molecular formula is C17H22FNO2. The largest absolute Gasteiger partial charge is 0.395 e. The predicted molar refractivity (Wildman–Crippen MR) is 82.4 cm³/mol. The Morgan fingerprint density at radius 2 is 2.14 bits per heavy atom. The van der Waals surface area contributed by atoms with Crippen LogP contribution in [0.5, 0.6) is 0 Å². The number of benzene rings is 1. The molecule has 0 aliphatic carbocycles. The first-order valence-electron chi connectivity index (χ1n) is 7.36. The predicted octanol–water partition coefficient (Wildman–Crippen LogP) is 3.47. The minimum atomic E-state index is -0.468. The lowest BCUT2D eigenvalue weighted by molar-refractivity contribution is -0.116. The van der Waals surface area contributed by atoms with Crippen molar-refractivity contribution in [2.75, 3.05) is 11.9 Å². The van der Waals surface area contributed by atoms with Crippen molar-refractivity contribution in [1.82, 2.24) is 0 Å². The number of amides is 1. The zero-order valence-electron chi connectivity index (χ0n) is 12.4. The monoisotopic (exact) mass is 291 g/mol. The maximum atomic E-state index is 13.8. The van der Waals surface area contributed by atoms with Gasteiger partial charge in [-0.15, -0.1) is 0 Å². The van der Waals surface area contributed by atoms with Crippen LogP contribution in [0.4, 0.5) is 10.1 Å². The zero-order valence-corrected chi connectivity index (χ0v) is 12.4. The van der Waals surface area contributed by atoms with Gasteiger partial charge in [0.15, 0.2) is 0 Å². The van der Waals surface area contributed by atoms with Crippen molar-refractivity contribution >= 4 is 11.6 Å². The van der Waals surface area contributed by atoms with Gasteiger partial charge in [0, 0.05) is 18.5 Å². The number of aliphatic hydroxyl groups excluding tert-OH is 1. The average Bonchev–Trinajstić information content (AvgIpc) is 2.46. The van der Waals surface area contributed by atoms with Gasteiger partial charge in [-0.3, -0.25) is 4.79 Å². The van der Waals surface area contributed by atoms with Crippen molar-refractivity contribution in [2.24, 2.45) is 0 Å². The highest BCUT2D eigenvalue weighted by Crippen LogP contribution is 2.14. The smallest absolute Gasteiger partial charge is 0.224 e. The van der Waals surface area contributed by atoms with Gasteiger partial charge in [-0.1, -0.05) is 38.0 Å². The molecule has 0 unspecified atom stereocenters. The summed E-state index contributed by atoms with van der Waals surface area (Å²) in [6, 6.07) is 4.44. The SMILES string of the molecule is CCCCCCC(=O)Nc1ccc(C#CCCO)c(F)c1. The fraction of sp³-hybridized carbons (Fsp3) is 0.471. The minimum absolute atomic E-state index is 0.0409. The quantitative estimate of drug-likeness (QED) is 0.597. The number of anilines is 1. The Labute approximate surface area is 125 Å². The van der Waals surface area contributed by atoms with Crippen LogP contribution < -0.4 is 5.32 Å². The highest BCUT2D eigenvalue weighted by atomic mass is 19.1. The molecule has 114 valence electrons. The van der Waals surface area contributed by atoms with E-state index in [1.165, 1.54) is 12.1 Å². The molecule has 0 atom stereocenters. The molecule has 0 aliphatic heterocycles. The maximum absolute atomic E-state index is 13.8. The normalized spacial score (nSPS) is 9.86. The van der Waals surface area contributed by atoms with Gasteiger partial charge in [0.2, 0.25) is 5.91 Å². The summed E-state index contributed by atoms with van der Waals surface area (Å²) < 4.78 is 13.8. The standard InChI is InChI=1S/C17H22FNO2/c1-2-3-4-5-9-17(21)19-15-11-10-14(16(18)13-15)8-6-7-12-20/h10-11,13,20H,2-5,7,9,12H2,1H3,(H,19,21). The Balaban J connectivity index is 2.52. The number of hydrogen-bond acceptors (Lipinski definition) is 2. The third-order valence-electron chi connectivity index (χ3n) is 2.97. The van der Waals surface area contributed by atoms with Crippen LogP contribution in [0.2, 0.25) is 0 Å². The molecule has 0 fully saturated rings. The number of halogens is 1. The number of nitrogens with one attached hydrogen (secondary N) is 1. The molecule has 0 bridgehead atoms. The van der Waals surface area contributed by atoms with Gasteiger partial charge in [-0.25, -0.2) is 4.39 Å². The molecule has 21 heavy (non-hydrogen) atoms. The molecule has 0 aliphatic rings. The van der Waals surface area contributed by atoms with E-state index in [1.807, 2.05) is 0 Å². The van der Waals surface area contributed by atoms with E-state index < -0.39 is 5.82 Å². The van der Waals surface area contributed by atoms with Crippen molar-refractivity contribution in [3.63, 3.8) is 0 Å². The van der Waals surface area contributed by atoms with Gasteiger partial charge in [0.1, 0.15) is 5.82 Å². The molecule has 2 N–H and O–H groups in total. The number of carbonyl (C=O) groups excluding carboxylic acids is 1. The first kappa shape index (κ1) is 17.2. The fourth-order valence-electron chi connectivity index (χ4n) is 1.84. The van der Waals surface area contributed by atoms with Crippen molar-refractivity contribution < 1.29 is 14.3 Å². The van der Waals surface area contributed by atoms with E-state index in [0.29, 0.717) is 18.5 Å². The molecule has 1 amide bonds. The van der Waals surface area contributed by atoms with Crippen molar-refractivity contribution in [3.8, 4) is 11.8 Å². The summed E-state index contributed by atoms with van der Waals surface area (Å²) in [6.07, 6.45) is 4.93. The maximum Gasteiger partial charge on any atom is 0.224 e. The molecule has 0 saturated carbocycles. The number of aliphatic hydroxyl groups is 1. The Bertz CT molecular complexity index is 517. The summed E-state index contributed by atoms with van der Waals surface area (Å²) in [4.78, 5) is 11.7. The van der Waals surface area contributed by atoms with E-state index >= 15 is 0 Å². The van der Waals surface area contributed by atoms with E-state index in [0.717, 1.165) is 25.7 Å². The zero-order chi connectivity index (χ0) is 15.5. The van der Waals surface area contributed by atoms with Crippen molar-refractivity contribution in [3.05, 3.63) is 29.6 Å². The first-order chi connectivity index (χ1) is 10.2. The Hall–Kier alpha value is -1.86. The highest BCUT2D eigenvalue weighted by molar-refractivity contribution is 5.90. The lowest BCUT2D eigenvalue weighted by Gasteiger charge is -2.06. The molecule has 0 aromatic heterocycles. The Kier molecular flexibility index (Phi) is 8.15. The Morgan fingerprint density at radius 3 is 2.81 bits per heavy atom. The van der Waals surface area contributed by atoms with Gasteiger partial charge in [0.25, 0.3) is 0 Å². The molecule has 1 aromatic carbocycles. The molecule has 3 nitrogen and oxygen atoms in total. The third-order valence-corrected chi connectivity index (χ3v) is 2.97. The van der Waals surface area contributed by atoms with Crippen molar-refractivity contribution in [2.45, 2.75) is 45.4 Å². The first-order valence-corrected chi connectivity index (χ1v) is 7.36. The summed E-state index contributed by atoms with van der Waals surface area (Å²) in [5, 5.41) is 11.3. The van der Waals surface area contributed by atoms with E-state index in [-0.39, 0.29) is 18.1 Å². The second-order valence-corrected chi connectivity index (χ2v) is 4.83. The van der Waals surface area contributed by atoms with Gasteiger partial charge in [-0.2, -0.15) is 0 Å². The molecule has 0 heterocycles. The minimum Gasteiger partial charge on any atom is -0.395 e. The summed E-state index contributed by atoms with van der Waals surface area (Å²) in [7, 11) is 0. The lowest BCUT2D eigenvalue weighted by atomic mass is 10.1. The van der Waals surface area contributed by atoms with Gasteiger partial charge in [-0.05, 0) is 24.6 Å². The molecule has 0 radical (unpaired) electrons. The number of rotatable bonds is 7. The summed E-state index contributed by atoms with van der Waals surface area (Å²) in [6.45, 7) is 2.08. The molecule has 1 rings (SSSR count). The second-order valence-electron chi connectivity index (χ2n) is 4.83. The average molecular weight is 291 g/mol. The van der Waals surface area contributed by atoms with E-state index in [2.05, 4.69) is 24.1 Å². The lowest BCUT2D eigenvalue weighted by Crippen LogP contribution is -2.11. The molecule has 1 aromatic rings. The molecule has 4 heteroatoms. The number of unbranched alkanes of at least 4 members (excludes halogenated alkanes) is 3. The molecule has 0 spiro atoms. The number of carbonyl (C=O) groups is 1. The summed E-state index contributed by atoms with van der Waals surface area (Å²) in [5.41, 5.74) is 0.713. The summed E-state index contributed by atoms with van der Waals surface area (Å²) in [5.74, 6) is 4.75. The number of hydrogen-bond donors (Lipinski definition) is 2. The van der Waals surface area contributed by atoms with Gasteiger partial charge < -0.3 is 10.4 Å². The van der Waals surface area contributed by atoms with Crippen LogP contribution in [0, 0.1) is 17.7 Å². The third kappa shape index (κ3) is 6.92. The second kappa shape index (κ2) is 9.95. The van der Waals surface area contributed by atoms with Crippen LogP contribution >= 0.6 is 0 Å². The highest BCUT2D eigenvalue weighted by Gasteiger charge is 2.05. The van der Waals surface area contributed by atoms with E-state index in [1.54, 1.807) is 6.07 Å². The Morgan fingerprint density at radius 1 is 1.33 bits per heavy atom. The van der Waals surface area contributed by atoms with Gasteiger partial charge >= 0.3 is 0 Å². The van der Waals surface area contributed by atoms with Crippen LogP contribution in [-0.4, -0.2) is 17.6 Å². The van der Waals surface area contributed by atoms with Crippen LogP contribution in [0.1, 0.15) is 51.0 Å². The summed E-state index contributed by atoms with van der Waals surface area (Å²) >= 11 is 0. The van der Waals surface area contributed by atoms with Crippen molar-refractivity contribution in [1.29, 1.82) is 0 Å². The molecular weight excluding hydrogens is 269 g/mol. The molecule has 0 saturated heterocycles. The van der Waals surface area contributed by atoms with Crippen LogP contribution in [-0.2, 0) is 4.79 Å². The van der Waals surface area contributed by atoms with Crippen LogP contribution in [0.15, 0.2) is 18.2 Å². The van der Waals surface area contributed by atoms with E-state index in [4.69, 9.17) is 5.11 Å². The van der Waals surface area contributed by atoms with Crippen LogP contribution in [0.3, 0.4) is 0 Å². The van der Waals surface area contributed by atoms with E-state index in [9.17, 15) is 9.18 Å². The van der Waals surface area contributed by atoms with Crippen LogP contribution in [0.25, 0.3) is 0 Å². The van der Waals surface area contributed by atoms with Gasteiger partial charge in [0.05, 0.1) is 12.2 Å². The fourth-order valence-corrected chi connectivity index (χ4v) is 1.84. The topological polar surface area (TPSA) is 49.3 Å².